The van der Waals surface area contributed by atoms with Gasteiger partial charge in [-0.15, -0.1) is 28.9 Å². The van der Waals surface area contributed by atoms with Crippen LogP contribution in [0, 0.1) is 0 Å². The standard InChI is InChI=1S/C7H8Cl2/c8-6-3-1-2-4-7(9)5-6/h1,4,6-7H,3,5H2. The maximum absolute atomic E-state index is 5.84. The highest BCUT2D eigenvalue weighted by Crippen LogP contribution is 2.17. The second-order valence-corrected chi connectivity index (χ2v) is 3.30. The topological polar surface area (TPSA) is 0 Å². The fourth-order valence-electron chi connectivity index (χ4n) is 0.777. The average molecular weight is 163 g/mol. The van der Waals surface area contributed by atoms with E-state index in [0.29, 0.717) is 0 Å². The van der Waals surface area contributed by atoms with Crippen LogP contribution >= 0.6 is 23.2 Å². The van der Waals surface area contributed by atoms with Crippen LogP contribution in [0.25, 0.3) is 0 Å². The molecule has 0 saturated carbocycles. The van der Waals surface area contributed by atoms with Crippen LogP contribution in [0.5, 0.6) is 0 Å². The van der Waals surface area contributed by atoms with E-state index < -0.39 is 0 Å². The van der Waals surface area contributed by atoms with Crippen molar-refractivity contribution in [3.8, 4) is 0 Å². The number of hydrogen-bond acceptors (Lipinski definition) is 0. The van der Waals surface area contributed by atoms with Crippen LogP contribution in [-0.2, 0) is 0 Å². The molecule has 0 aliphatic heterocycles. The predicted molar refractivity (Wildman–Crippen MR) is 41.2 cm³/mol. The summed E-state index contributed by atoms with van der Waals surface area (Å²) in [6.45, 7) is 0. The summed E-state index contributed by atoms with van der Waals surface area (Å²) in [7, 11) is 0. The summed E-state index contributed by atoms with van der Waals surface area (Å²) in [6, 6.07) is 0. The summed E-state index contributed by atoms with van der Waals surface area (Å²) >= 11 is 11.6. The summed E-state index contributed by atoms with van der Waals surface area (Å²) < 4.78 is 0. The molecule has 1 aliphatic carbocycles. The van der Waals surface area contributed by atoms with Crippen molar-refractivity contribution in [3.63, 3.8) is 0 Å². The van der Waals surface area contributed by atoms with Crippen molar-refractivity contribution < 1.29 is 0 Å². The largest absolute Gasteiger partial charge is 0.128 e. The number of alkyl halides is 2. The van der Waals surface area contributed by atoms with Gasteiger partial charge in [0, 0.05) is 5.38 Å². The third-order valence-electron chi connectivity index (χ3n) is 1.25. The second kappa shape index (κ2) is 3.31. The molecule has 0 amide bonds. The van der Waals surface area contributed by atoms with E-state index in [1.54, 1.807) is 0 Å². The van der Waals surface area contributed by atoms with Crippen LogP contribution in [0.15, 0.2) is 17.9 Å². The van der Waals surface area contributed by atoms with Gasteiger partial charge in [0.1, 0.15) is 0 Å². The molecule has 2 atom stereocenters. The van der Waals surface area contributed by atoms with E-state index in [4.69, 9.17) is 23.2 Å². The Morgan fingerprint density at radius 1 is 1.44 bits per heavy atom. The van der Waals surface area contributed by atoms with Gasteiger partial charge in [-0.2, -0.15) is 0 Å². The summed E-state index contributed by atoms with van der Waals surface area (Å²) in [6.07, 6.45) is 5.53. The molecule has 2 heteroatoms. The molecule has 0 saturated heterocycles. The Hall–Kier alpha value is 0.1000. The van der Waals surface area contributed by atoms with E-state index in [9.17, 15) is 0 Å². The highest BCUT2D eigenvalue weighted by molar-refractivity contribution is 6.24. The third kappa shape index (κ3) is 2.45. The second-order valence-electron chi connectivity index (χ2n) is 2.12. The van der Waals surface area contributed by atoms with Gasteiger partial charge in [0.25, 0.3) is 0 Å². The quantitative estimate of drug-likeness (QED) is 0.380. The first-order valence-electron chi connectivity index (χ1n) is 2.98. The van der Waals surface area contributed by atoms with E-state index in [1.807, 2.05) is 12.2 Å². The minimum Gasteiger partial charge on any atom is -0.128 e. The van der Waals surface area contributed by atoms with Crippen molar-refractivity contribution in [1.82, 2.24) is 0 Å². The molecule has 0 fully saturated rings. The smallest absolute Gasteiger partial charge is 0.0603 e. The summed E-state index contributed by atoms with van der Waals surface area (Å²) in [5.41, 5.74) is 2.96. The lowest BCUT2D eigenvalue weighted by Crippen LogP contribution is -2.02. The van der Waals surface area contributed by atoms with E-state index in [1.165, 1.54) is 0 Å². The number of allylic oxidation sites excluding steroid dienone is 1. The fourth-order valence-corrected chi connectivity index (χ4v) is 1.44. The number of halogens is 2. The first kappa shape index (κ1) is 7.21. The summed E-state index contributed by atoms with van der Waals surface area (Å²) in [4.78, 5) is 0. The number of hydrogen-bond donors (Lipinski definition) is 0. The van der Waals surface area contributed by atoms with Crippen molar-refractivity contribution in [2.24, 2.45) is 0 Å². The molecule has 1 rings (SSSR count). The molecule has 2 unspecified atom stereocenters. The Bertz CT molecular complexity index is 145. The van der Waals surface area contributed by atoms with Gasteiger partial charge in [-0.3, -0.25) is 0 Å². The third-order valence-corrected chi connectivity index (χ3v) is 1.91. The van der Waals surface area contributed by atoms with Crippen molar-refractivity contribution >= 4 is 23.2 Å². The van der Waals surface area contributed by atoms with Gasteiger partial charge in [0.15, 0.2) is 0 Å². The Morgan fingerprint density at radius 3 is 3.00 bits per heavy atom. The zero-order valence-corrected chi connectivity index (χ0v) is 6.49. The lowest BCUT2D eigenvalue weighted by molar-refractivity contribution is 0.787. The first-order chi connectivity index (χ1) is 4.29. The zero-order valence-electron chi connectivity index (χ0n) is 4.98. The summed E-state index contributed by atoms with van der Waals surface area (Å²) in [5, 5.41) is 0.269. The van der Waals surface area contributed by atoms with E-state index in [0.717, 1.165) is 12.8 Å². The van der Waals surface area contributed by atoms with Crippen LogP contribution in [0.3, 0.4) is 0 Å². The Kier molecular flexibility index (Phi) is 2.65. The Balaban J connectivity index is 2.54. The molecule has 0 aromatic heterocycles. The molecule has 0 nitrogen and oxygen atoms in total. The normalized spacial score (nSPS) is 34.4. The van der Waals surface area contributed by atoms with Crippen LogP contribution in [0.1, 0.15) is 12.8 Å². The minimum absolute atomic E-state index is 0.0752. The minimum atomic E-state index is 0.0752. The van der Waals surface area contributed by atoms with Gasteiger partial charge in [0.2, 0.25) is 0 Å². The van der Waals surface area contributed by atoms with Crippen molar-refractivity contribution in [1.29, 1.82) is 0 Å². The SMILES string of the molecule is ClC1C=C=CCC(Cl)C1. The Morgan fingerprint density at radius 2 is 2.22 bits per heavy atom. The molecular weight excluding hydrogens is 155 g/mol. The predicted octanol–water partition coefficient (Wildman–Crippen LogP) is 2.71. The highest BCUT2D eigenvalue weighted by atomic mass is 35.5. The molecule has 0 aromatic rings. The molecule has 0 bridgehead atoms. The van der Waals surface area contributed by atoms with Gasteiger partial charge in [-0.05, 0) is 25.0 Å². The highest BCUT2D eigenvalue weighted by Gasteiger charge is 2.09. The van der Waals surface area contributed by atoms with Crippen molar-refractivity contribution in [2.75, 3.05) is 0 Å². The van der Waals surface area contributed by atoms with Crippen molar-refractivity contribution in [3.05, 3.63) is 17.9 Å². The van der Waals surface area contributed by atoms with E-state index >= 15 is 0 Å². The van der Waals surface area contributed by atoms with E-state index in [-0.39, 0.29) is 10.8 Å². The van der Waals surface area contributed by atoms with Gasteiger partial charge >= 0.3 is 0 Å². The molecule has 9 heavy (non-hydrogen) atoms. The lowest BCUT2D eigenvalue weighted by atomic mass is 10.2. The molecule has 0 spiro atoms. The van der Waals surface area contributed by atoms with Gasteiger partial charge < -0.3 is 0 Å². The van der Waals surface area contributed by atoms with Crippen LogP contribution in [0.4, 0.5) is 0 Å². The molecule has 0 aromatic carbocycles. The maximum atomic E-state index is 5.84. The van der Waals surface area contributed by atoms with Crippen LogP contribution in [0.2, 0.25) is 0 Å². The van der Waals surface area contributed by atoms with Gasteiger partial charge in [-0.25, -0.2) is 0 Å². The lowest BCUT2D eigenvalue weighted by Gasteiger charge is -2.04. The molecule has 50 valence electrons. The number of rotatable bonds is 0. The Labute approximate surface area is 65.2 Å². The summed E-state index contributed by atoms with van der Waals surface area (Å²) in [5.74, 6) is 0. The monoisotopic (exact) mass is 162 g/mol. The van der Waals surface area contributed by atoms with Gasteiger partial charge in [0.05, 0.1) is 5.38 Å². The molecule has 0 radical (unpaired) electrons. The van der Waals surface area contributed by atoms with Gasteiger partial charge in [-0.1, -0.05) is 0 Å². The first-order valence-corrected chi connectivity index (χ1v) is 3.85. The average Bonchev–Trinajstić information content (AvgIpc) is 1.93. The fraction of sp³-hybridized carbons (Fsp3) is 0.571. The molecule has 0 heterocycles. The maximum Gasteiger partial charge on any atom is 0.0603 e. The zero-order chi connectivity index (χ0) is 6.69. The molecule has 1 aliphatic rings. The molecular formula is C7H8Cl2. The van der Waals surface area contributed by atoms with Crippen LogP contribution in [-0.4, -0.2) is 10.8 Å². The van der Waals surface area contributed by atoms with Crippen LogP contribution < -0.4 is 0 Å². The van der Waals surface area contributed by atoms with Crippen molar-refractivity contribution in [2.45, 2.75) is 23.6 Å². The molecule has 0 N–H and O–H groups in total. The van der Waals surface area contributed by atoms with E-state index in [2.05, 4.69) is 5.73 Å².